The van der Waals surface area contributed by atoms with Crippen molar-refractivity contribution in [3.05, 3.63) is 58.2 Å². The topological polar surface area (TPSA) is 12.5 Å². The monoisotopic (exact) mass is 412 g/mol. The zero-order valence-electron chi connectivity index (χ0n) is 21.2. The van der Waals surface area contributed by atoms with Crippen LogP contribution in [0, 0.1) is 0 Å². The average molecular weight is 413 g/mol. The van der Waals surface area contributed by atoms with E-state index in [0.717, 1.165) is 38.5 Å². The van der Waals surface area contributed by atoms with E-state index in [-0.39, 0.29) is 5.60 Å². The number of hydrogen-bond acceptors (Lipinski definition) is 1. The van der Waals surface area contributed by atoms with E-state index in [4.69, 9.17) is 4.74 Å². The lowest BCUT2D eigenvalue weighted by Crippen LogP contribution is -2.08. The van der Waals surface area contributed by atoms with Gasteiger partial charge in [-0.15, -0.1) is 0 Å². The summed E-state index contributed by atoms with van der Waals surface area (Å²) in [5.74, 6) is 0. The number of ether oxygens (including phenoxy) is 1. The molecule has 2 atom stereocenters. The largest absolute Gasteiger partial charge is 0.366 e. The third-order valence-corrected chi connectivity index (χ3v) is 6.06. The molecule has 0 saturated carbocycles. The maximum Gasteiger partial charge on any atom is 0.0926 e. The van der Waals surface area contributed by atoms with Gasteiger partial charge in [-0.2, -0.15) is 0 Å². The summed E-state index contributed by atoms with van der Waals surface area (Å²) in [6, 6.07) is 0. The summed E-state index contributed by atoms with van der Waals surface area (Å²) in [5.41, 5.74) is 7.45. The van der Waals surface area contributed by atoms with Gasteiger partial charge in [-0.1, -0.05) is 58.2 Å². The summed E-state index contributed by atoms with van der Waals surface area (Å²) in [7, 11) is 0. The Kier molecular flexibility index (Phi) is 12.3. The molecule has 0 aromatic rings. The zero-order chi connectivity index (χ0) is 22.6. The molecule has 2 unspecified atom stereocenters. The molecule has 0 aromatic heterocycles. The SMILES string of the molecule is CC(C)=CCC/C(C)=C/CC/C(C)=C/CC1OC1(C)CC/C=C(\C)CCC=C(C)C. The molecular weight excluding hydrogens is 364 g/mol. The van der Waals surface area contributed by atoms with E-state index in [2.05, 4.69) is 85.8 Å². The second-order valence-corrected chi connectivity index (χ2v) is 10.0. The molecular formula is C29H48O. The summed E-state index contributed by atoms with van der Waals surface area (Å²) < 4.78 is 6.05. The smallest absolute Gasteiger partial charge is 0.0926 e. The van der Waals surface area contributed by atoms with Crippen LogP contribution in [-0.2, 0) is 4.74 Å². The summed E-state index contributed by atoms with van der Waals surface area (Å²) >= 11 is 0. The van der Waals surface area contributed by atoms with Crippen LogP contribution in [-0.4, -0.2) is 11.7 Å². The second kappa shape index (κ2) is 13.9. The van der Waals surface area contributed by atoms with E-state index >= 15 is 0 Å². The molecule has 30 heavy (non-hydrogen) atoms. The Morgan fingerprint density at radius 1 is 0.633 bits per heavy atom. The molecule has 0 aliphatic carbocycles. The summed E-state index contributed by atoms with van der Waals surface area (Å²) in [6.45, 7) is 17.8. The molecule has 1 saturated heterocycles. The molecule has 0 aromatic carbocycles. The molecule has 170 valence electrons. The van der Waals surface area contributed by atoms with E-state index < -0.39 is 0 Å². The van der Waals surface area contributed by atoms with Crippen molar-refractivity contribution in [2.75, 3.05) is 0 Å². The fourth-order valence-electron chi connectivity index (χ4n) is 3.75. The summed E-state index contributed by atoms with van der Waals surface area (Å²) in [6.07, 6.45) is 22.7. The molecule has 1 nitrogen and oxygen atoms in total. The van der Waals surface area contributed by atoms with Gasteiger partial charge < -0.3 is 4.74 Å². The van der Waals surface area contributed by atoms with Gasteiger partial charge in [0.15, 0.2) is 0 Å². The lowest BCUT2D eigenvalue weighted by molar-refractivity contribution is 0.297. The van der Waals surface area contributed by atoms with E-state index in [0.29, 0.717) is 6.10 Å². The first-order chi connectivity index (χ1) is 14.1. The van der Waals surface area contributed by atoms with E-state index in [9.17, 15) is 0 Å². The van der Waals surface area contributed by atoms with Gasteiger partial charge in [0.05, 0.1) is 11.7 Å². The van der Waals surface area contributed by atoms with E-state index in [1.807, 2.05) is 0 Å². The van der Waals surface area contributed by atoms with Gasteiger partial charge in [-0.3, -0.25) is 0 Å². The van der Waals surface area contributed by atoms with Gasteiger partial charge in [0, 0.05) is 0 Å². The Bertz CT molecular complexity index is 662. The normalized spacial score (nSPS) is 22.1. The Balaban J connectivity index is 2.26. The molecule has 0 N–H and O–H groups in total. The van der Waals surface area contributed by atoms with Crippen LogP contribution in [0.1, 0.15) is 113 Å². The van der Waals surface area contributed by atoms with Crippen molar-refractivity contribution in [2.24, 2.45) is 0 Å². The van der Waals surface area contributed by atoms with Gasteiger partial charge in [0.2, 0.25) is 0 Å². The van der Waals surface area contributed by atoms with Crippen LogP contribution in [0.2, 0.25) is 0 Å². The maximum absolute atomic E-state index is 6.05. The molecule has 1 aliphatic heterocycles. The molecule has 1 aliphatic rings. The van der Waals surface area contributed by atoms with Gasteiger partial charge >= 0.3 is 0 Å². The van der Waals surface area contributed by atoms with Crippen molar-refractivity contribution < 1.29 is 4.74 Å². The van der Waals surface area contributed by atoms with Crippen molar-refractivity contribution in [1.82, 2.24) is 0 Å². The molecule has 0 amide bonds. The first-order valence-corrected chi connectivity index (χ1v) is 12.0. The molecule has 1 fully saturated rings. The van der Waals surface area contributed by atoms with Crippen LogP contribution >= 0.6 is 0 Å². The minimum Gasteiger partial charge on any atom is -0.366 e. The minimum absolute atomic E-state index is 0.0921. The van der Waals surface area contributed by atoms with E-state index in [1.54, 1.807) is 0 Å². The fourth-order valence-corrected chi connectivity index (χ4v) is 3.75. The molecule has 0 spiro atoms. The average Bonchev–Trinajstić information content (AvgIpc) is 3.29. The van der Waals surface area contributed by atoms with Gasteiger partial charge in [-0.25, -0.2) is 0 Å². The first kappa shape index (κ1) is 26.7. The second-order valence-electron chi connectivity index (χ2n) is 10.0. The lowest BCUT2D eigenvalue weighted by Gasteiger charge is -2.05. The zero-order valence-corrected chi connectivity index (χ0v) is 21.2. The minimum atomic E-state index is 0.0921. The third-order valence-electron chi connectivity index (χ3n) is 6.06. The molecule has 1 heteroatoms. The van der Waals surface area contributed by atoms with Crippen molar-refractivity contribution >= 4 is 0 Å². The number of rotatable bonds is 14. The fraction of sp³-hybridized carbons (Fsp3) is 0.655. The predicted molar refractivity (Wildman–Crippen MR) is 135 cm³/mol. The number of epoxide rings is 1. The highest BCUT2D eigenvalue weighted by Crippen LogP contribution is 2.43. The molecule has 0 bridgehead atoms. The van der Waals surface area contributed by atoms with Gasteiger partial charge in [0.1, 0.15) is 0 Å². The molecule has 1 heterocycles. The van der Waals surface area contributed by atoms with Crippen LogP contribution < -0.4 is 0 Å². The van der Waals surface area contributed by atoms with E-state index in [1.165, 1.54) is 47.1 Å². The van der Waals surface area contributed by atoms with Crippen LogP contribution in [0.25, 0.3) is 0 Å². The standard InChI is InChI=1S/C29H48O/c1-23(2)13-9-15-25(5)17-11-18-27(7)20-21-28-29(8,30-28)22-12-19-26(6)16-10-14-24(3)4/h13-14,17,19-20,28H,9-12,15-16,18,21-22H2,1-8H3/b25-17+,26-19+,27-20+. The summed E-state index contributed by atoms with van der Waals surface area (Å²) in [5, 5.41) is 0. The summed E-state index contributed by atoms with van der Waals surface area (Å²) in [4.78, 5) is 0. The first-order valence-electron chi connectivity index (χ1n) is 12.0. The lowest BCUT2D eigenvalue weighted by atomic mass is 9.97. The Morgan fingerprint density at radius 2 is 1.07 bits per heavy atom. The highest BCUT2D eigenvalue weighted by Gasteiger charge is 2.50. The van der Waals surface area contributed by atoms with Crippen LogP contribution in [0.15, 0.2) is 58.2 Å². The van der Waals surface area contributed by atoms with Crippen molar-refractivity contribution in [1.29, 1.82) is 0 Å². The predicted octanol–water partition coefficient (Wildman–Crippen LogP) is 9.43. The molecule has 0 radical (unpaired) electrons. The van der Waals surface area contributed by atoms with Crippen LogP contribution in [0.5, 0.6) is 0 Å². The highest BCUT2D eigenvalue weighted by atomic mass is 16.6. The number of allylic oxidation sites excluding steroid dienone is 9. The van der Waals surface area contributed by atoms with Gasteiger partial charge in [-0.05, 0) is 113 Å². The highest BCUT2D eigenvalue weighted by molar-refractivity contribution is 5.10. The quantitative estimate of drug-likeness (QED) is 0.204. The Labute approximate surface area is 188 Å². The van der Waals surface area contributed by atoms with Crippen molar-refractivity contribution in [3.63, 3.8) is 0 Å². The maximum atomic E-state index is 6.05. The van der Waals surface area contributed by atoms with Crippen LogP contribution in [0.3, 0.4) is 0 Å². The van der Waals surface area contributed by atoms with Gasteiger partial charge in [0.25, 0.3) is 0 Å². The third kappa shape index (κ3) is 12.4. The number of hydrogen-bond donors (Lipinski definition) is 0. The Morgan fingerprint density at radius 3 is 1.57 bits per heavy atom. The van der Waals surface area contributed by atoms with Crippen LogP contribution in [0.4, 0.5) is 0 Å². The van der Waals surface area contributed by atoms with Crippen molar-refractivity contribution in [2.45, 2.75) is 125 Å². The van der Waals surface area contributed by atoms with Crippen molar-refractivity contribution in [3.8, 4) is 0 Å². The molecule has 1 rings (SSSR count). The Hall–Kier alpha value is -1.34.